The van der Waals surface area contributed by atoms with Crippen molar-refractivity contribution in [3.8, 4) is 23.1 Å². The van der Waals surface area contributed by atoms with Gasteiger partial charge in [-0.15, -0.1) is 0 Å². The van der Waals surface area contributed by atoms with Gasteiger partial charge in [-0.1, -0.05) is 0 Å². The molecular weight excluding hydrogens is 245 g/mol. The zero-order valence-electron chi connectivity index (χ0n) is 10.4. The van der Waals surface area contributed by atoms with Crippen LogP contribution in [0, 0.1) is 17.1 Å². The number of aromatic nitrogens is 2. The standard InChI is InChI=1S/C14H12FN3O/c1-19-13-5-4-10(9-11(13)15)12-6-8-17-14(18-12)3-2-7-16/h4-6,8-9H,2-3H2,1H3. The van der Waals surface area contributed by atoms with Crippen LogP contribution in [0.2, 0.25) is 0 Å². The van der Waals surface area contributed by atoms with Gasteiger partial charge in [0, 0.05) is 24.6 Å². The molecular formula is C14H12FN3O. The minimum atomic E-state index is -0.433. The lowest BCUT2D eigenvalue weighted by Crippen LogP contribution is -1.96. The Morgan fingerprint density at radius 1 is 1.37 bits per heavy atom. The lowest BCUT2D eigenvalue weighted by atomic mass is 10.1. The lowest BCUT2D eigenvalue weighted by molar-refractivity contribution is 0.386. The van der Waals surface area contributed by atoms with E-state index in [4.69, 9.17) is 10.00 Å². The minimum absolute atomic E-state index is 0.197. The summed E-state index contributed by atoms with van der Waals surface area (Å²) in [7, 11) is 1.42. The topological polar surface area (TPSA) is 58.8 Å². The Balaban J connectivity index is 2.31. The van der Waals surface area contributed by atoms with Crippen LogP contribution in [-0.4, -0.2) is 17.1 Å². The number of rotatable bonds is 4. The molecule has 0 aliphatic rings. The molecule has 96 valence electrons. The first kappa shape index (κ1) is 13.0. The molecule has 0 aliphatic heterocycles. The summed E-state index contributed by atoms with van der Waals surface area (Å²) in [6, 6.07) is 8.41. The number of hydrogen-bond acceptors (Lipinski definition) is 4. The van der Waals surface area contributed by atoms with Crippen LogP contribution in [0.15, 0.2) is 30.5 Å². The maximum atomic E-state index is 13.6. The lowest BCUT2D eigenvalue weighted by Gasteiger charge is -2.05. The second-order valence-corrected chi connectivity index (χ2v) is 3.87. The van der Waals surface area contributed by atoms with E-state index in [1.54, 1.807) is 24.4 Å². The minimum Gasteiger partial charge on any atom is -0.494 e. The third-order valence-electron chi connectivity index (χ3n) is 2.61. The fraction of sp³-hybridized carbons (Fsp3) is 0.214. The zero-order chi connectivity index (χ0) is 13.7. The van der Waals surface area contributed by atoms with Crippen molar-refractivity contribution in [3.63, 3.8) is 0 Å². The Kier molecular flexibility index (Phi) is 4.04. The van der Waals surface area contributed by atoms with Gasteiger partial charge in [-0.05, 0) is 24.3 Å². The van der Waals surface area contributed by atoms with Crippen LogP contribution >= 0.6 is 0 Å². The van der Waals surface area contributed by atoms with Crippen molar-refractivity contribution in [1.82, 2.24) is 9.97 Å². The van der Waals surface area contributed by atoms with Crippen molar-refractivity contribution in [2.75, 3.05) is 7.11 Å². The van der Waals surface area contributed by atoms with Crippen LogP contribution in [0.5, 0.6) is 5.75 Å². The van der Waals surface area contributed by atoms with Gasteiger partial charge in [-0.25, -0.2) is 14.4 Å². The molecule has 19 heavy (non-hydrogen) atoms. The molecule has 2 rings (SSSR count). The van der Waals surface area contributed by atoms with E-state index in [2.05, 4.69) is 9.97 Å². The van der Waals surface area contributed by atoms with Gasteiger partial charge in [0.05, 0.1) is 18.9 Å². The fourth-order valence-electron chi connectivity index (χ4n) is 1.67. The Hall–Kier alpha value is -2.48. The first-order valence-electron chi connectivity index (χ1n) is 5.77. The van der Waals surface area contributed by atoms with Crippen LogP contribution in [0.25, 0.3) is 11.3 Å². The summed E-state index contributed by atoms with van der Waals surface area (Å²) in [6.07, 6.45) is 2.46. The van der Waals surface area contributed by atoms with Crippen molar-refractivity contribution in [3.05, 3.63) is 42.1 Å². The first-order valence-corrected chi connectivity index (χ1v) is 5.77. The normalized spacial score (nSPS) is 9.95. The summed E-state index contributed by atoms with van der Waals surface area (Å²) in [6.45, 7) is 0. The molecule has 0 spiro atoms. The summed E-state index contributed by atoms with van der Waals surface area (Å²) < 4.78 is 18.5. The molecule has 4 nitrogen and oxygen atoms in total. The molecule has 1 heterocycles. The third kappa shape index (κ3) is 3.05. The number of benzene rings is 1. The summed E-state index contributed by atoms with van der Waals surface area (Å²) in [5.41, 5.74) is 1.28. The smallest absolute Gasteiger partial charge is 0.165 e. The number of methoxy groups -OCH3 is 1. The molecule has 0 amide bonds. The van der Waals surface area contributed by atoms with Crippen molar-refractivity contribution in [2.24, 2.45) is 0 Å². The quantitative estimate of drug-likeness (QED) is 0.845. The zero-order valence-corrected chi connectivity index (χ0v) is 10.4. The summed E-state index contributed by atoms with van der Waals surface area (Å²) in [5, 5.41) is 8.54. The summed E-state index contributed by atoms with van der Waals surface area (Å²) >= 11 is 0. The number of halogens is 1. The number of nitrogens with zero attached hydrogens (tertiary/aromatic N) is 3. The number of hydrogen-bond donors (Lipinski definition) is 0. The highest BCUT2D eigenvalue weighted by atomic mass is 19.1. The van der Waals surface area contributed by atoms with E-state index in [1.165, 1.54) is 13.2 Å². The van der Waals surface area contributed by atoms with E-state index in [0.717, 1.165) is 0 Å². The molecule has 0 aliphatic carbocycles. The molecule has 0 saturated carbocycles. The van der Waals surface area contributed by atoms with Crippen LogP contribution in [0.1, 0.15) is 12.2 Å². The molecule has 0 atom stereocenters. The van der Waals surface area contributed by atoms with Gasteiger partial charge >= 0.3 is 0 Å². The first-order chi connectivity index (χ1) is 9.24. The van der Waals surface area contributed by atoms with Gasteiger partial charge in [0.2, 0.25) is 0 Å². The Bertz CT molecular complexity index is 622. The summed E-state index contributed by atoms with van der Waals surface area (Å²) in [5.74, 6) is 0.343. The second kappa shape index (κ2) is 5.91. The molecule has 5 heteroatoms. The molecule has 0 fully saturated rings. The van der Waals surface area contributed by atoms with Crippen LogP contribution in [0.4, 0.5) is 4.39 Å². The highest BCUT2D eigenvalue weighted by Crippen LogP contribution is 2.24. The average molecular weight is 257 g/mol. The number of aryl methyl sites for hydroxylation is 1. The van der Waals surface area contributed by atoms with E-state index in [9.17, 15) is 4.39 Å². The van der Waals surface area contributed by atoms with Gasteiger partial charge < -0.3 is 4.74 Å². The highest BCUT2D eigenvalue weighted by Gasteiger charge is 2.07. The highest BCUT2D eigenvalue weighted by molar-refractivity contribution is 5.60. The van der Waals surface area contributed by atoms with Gasteiger partial charge in [0.15, 0.2) is 11.6 Å². The van der Waals surface area contributed by atoms with Crippen molar-refractivity contribution >= 4 is 0 Å². The van der Waals surface area contributed by atoms with Crippen molar-refractivity contribution < 1.29 is 9.13 Å². The van der Waals surface area contributed by atoms with Crippen molar-refractivity contribution in [2.45, 2.75) is 12.8 Å². The number of ether oxygens (including phenoxy) is 1. The van der Waals surface area contributed by atoms with Gasteiger partial charge in [0.25, 0.3) is 0 Å². The largest absolute Gasteiger partial charge is 0.494 e. The second-order valence-electron chi connectivity index (χ2n) is 3.87. The van der Waals surface area contributed by atoms with Gasteiger partial charge in [0.1, 0.15) is 5.82 Å². The van der Waals surface area contributed by atoms with Crippen LogP contribution < -0.4 is 4.74 Å². The Labute approximate surface area is 110 Å². The van der Waals surface area contributed by atoms with E-state index < -0.39 is 5.82 Å². The molecule has 0 saturated heterocycles. The number of nitriles is 1. The molecule has 1 aromatic heterocycles. The maximum absolute atomic E-state index is 13.6. The predicted octanol–water partition coefficient (Wildman–Crippen LogP) is 2.75. The van der Waals surface area contributed by atoms with Crippen LogP contribution in [0.3, 0.4) is 0 Å². The Morgan fingerprint density at radius 3 is 2.89 bits per heavy atom. The summed E-state index contributed by atoms with van der Waals surface area (Å²) in [4.78, 5) is 8.39. The molecule has 1 aromatic carbocycles. The molecule has 2 aromatic rings. The van der Waals surface area contributed by atoms with Crippen LogP contribution in [-0.2, 0) is 6.42 Å². The third-order valence-corrected chi connectivity index (χ3v) is 2.61. The van der Waals surface area contributed by atoms with E-state index >= 15 is 0 Å². The fourth-order valence-corrected chi connectivity index (χ4v) is 1.67. The van der Waals surface area contributed by atoms with E-state index in [0.29, 0.717) is 29.9 Å². The maximum Gasteiger partial charge on any atom is 0.165 e. The SMILES string of the molecule is COc1ccc(-c2ccnc(CCC#N)n2)cc1F. The van der Waals surface area contributed by atoms with Crippen molar-refractivity contribution in [1.29, 1.82) is 5.26 Å². The molecule has 0 unspecified atom stereocenters. The molecule has 0 N–H and O–H groups in total. The molecule has 0 radical (unpaired) electrons. The van der Waals surface area contributed by atoms with E-state index in [1.807, 2.05) is 6.07 Å². The molecule has 0 bridgehead atoms. The average Bonchev–Trinajstić information content (AvgIpc) is 2.45. The van der Waals surface area contributed by atoms with Gasteiger partial charge in [-0.2, -0.15) is 5.26 Å². The Morgan fingerprint density at radius 2 is 2.21 bits per heavy atom. The predicted molar refractivity (Wildman–Crippen MR) is 67.9 cm³/mol. The monoisotopic (exact) mass is 257 g/mol. The van der Waals surface area contributed by atoms with E-state index in [-0.39, 0.29) is 5.75 Å². The van der Waals surface area contributed by atoms with Gasteiger partial charge in [-0.3, -0.25) is 0 Å².